The summed E-state index contributed by atoms with van der Waals surface area (Å²) in [6.07, 6.45) is 3.45. The highest BCUT2D eigenvalue weighted by Gasteiger charge is 2.17. The van der Waals surface area contributed by atoms with Gasteiger partial charge in [0.15, 0.2) is 22.5 Å². The van der Waals surface area contributed by atoms with E-state index >= 15 is 0 Å². The molecule has 39 heavy (non-hydrogen) atoms. The monoisotopic (exact) mass is 557 g/mol. The van der Waals surface area contributed by atoms with Crippen LogP contribution < -0.4 is 14.8 Å². The Morgan fingerprint density at radius 1 is 0.923 bits per heavy atom. The summed E-state index contributed by atoms with van der Waals surface area (Å²) >= 11 is 7.84. The van der Waals surface area contributed by atoms with Crippen LogP contribution in [0, 0.1) is 0 Å². The van der Waals surface area contributed by atoms with Crippen LogP contribution in [0.5, 0.6) is 11.5 Å². The smallest absolute Gasteiger partial charge is 0.255 e. The number of nitrogens with zero attached hydrogens (tertiary/aromatic N) is 4. The molecule has 0 aliphatic carbocycles. The van der Waals surface area contributed by atoms with Crippen molar-refractivity contribution in [1.82, 2.24) is 19.7 Å². The Morgan fingerprint density at radius 2 is 1.69 bits per heavy atom. The summed E-state index contributed by atoms with van der Waals surface area (Å²) in [7, 11) is 3.12. The number of ether oxygens (including phenoxy) is 2. The average Bonchev–Trinajstić information content (AvgIpc) is 3.41. The minimum atomic E-state index is -0.218. The Kier molecular flexibility index (Phi) is 8.10. The first-order valence-electron chi connectivity index (χ1n) is 11.9. The standard InChI is InChI=1S/C29H24ClN5O3S/c1-37-25-11-10-23(17-26(25)38-2)32-28(36)21-8-6-19(7-9-21)18-39-29-34-33-27(20-12-14-31-15-13-20)35(29)24-5-3-4-22(30)16-24/h3-17H,18H2,1-2H3,(H,32,36). The summed E-state index contributed by atoms with van der Waals surface area (Å²) in [5, 5.41) is 13.2. The average molecular weight is 558 g/mol. The van der Waals surface area contributed by atoms with Gasteiger partial charge in [-0.3, -0.25) is 14.3 Å². The first-order chi connectivity index (χ1) is 19.1. The fraction of sp³-hybridized carbons (Fsp3) is 0.103. The third-order valence-corrected chi connectivity index (χ3v) is 7.10. The number of carbonyl (C=O) groups is 1. The molecule has 5 aromatic rings. The number of halogens is 1. The number of pyridine rings is 1. The summed E-state index contributed by atoms with van der Waals surface area (Å²) in [5.74, 6) is 2.25. The topological polar surface area (TPSA) is 91.2 Å². The van der Waals surface area contributed by atoms with Crippen molar-refractivity contribution in [3.8, 4) is 28.6 Å². The molecular formula is C29H24ClN5O3S. The summed E-state index contributed by atoms with van der Waals surface area (Å²) < 4.78 is 12.5. The van der Waals surface area contributed by atoms with Crippen LogP contribution in [0.25, 0.3) is 17.1 Å². The Balaban J connectivity index is 1.31. The van der Waals surface area contributed by atoms with Gasteiger partial charge in [0.25, 0.3) is 5.91 Å². The molecule has 0 saturated carbocycles. The van der Waals surface area contributed by atoms with E-state index in [1.54, 1.807) is 68.7 Å². The predicted octanol–water partition coefficient (Wildman–Crippen LogP) is 6.54. The predicted molar refractivity (Wildman–Crippen MR) is 153 cm³/mol. The molecule has 3 aromatic carbocycles. The summed E-state index contributed by atoms with van der Waals surface area (Å²) in [6, 6.07) is 24.1. The van der Waals surface area contributed by atoms with Crippen LogP contribution in [-0.2, 0) is 5.75 Å². The van der Waals surface area contributed by atoms with Gasteiger partial charge >= 0.3 is 0 Å². The largest absolute Gasteiger partial charge is 0.493 e. The number of hydrogen-bond donors (Lipinski definition) is 1. The van der Waals surface area contributed by atoms with Gasteiger partial charge in [0.2, 0.25) is 0 Å². The number of nitrogens with one attached hydrogen (secondary N) is 1. The number of thioether (sulfide) groups is 1. The molecule has 0 fully saturated rings. The first kappa shape index (κ1) is 26.3. The Hall–Kier alpha value is -4.34. The molecule has 0 unspecified atom stereocenters. The Morgan fingerprint density at radius 3 is 2.41 bits per heavy atom. The van der Waals surface area contributed by atoms with Gasteiger partial charge in [-0.25, -0.2) is 0 Å². The zero-order chi connectivity index (χ0) is 27.2. The van der Waals surface area contributed by atoms with Crippen molar-refractivity contribution in [2.75, 3.05) is 19.5 Å². The lowest BCUT2D eigenvalue weighted by atomic mass is 10.1. The highest BCUT2D eigenvalue weighted by atomic mass is 35.5. The molecule has 8 nitrogen and oxygen atoms in total. The molecule has 0 aliphatic rings. The third-order valence-electron chi connectivity index (χ3n) is 5.86. The third kappa shape index (κ3) is 6.05. The molecule has 0 aliphatic heterocycles. The minimum absolute atomic E-state index is 0.218. The lowest BCUT2D eigenvalue weighted by Crippen LogP contribution is -2.12. The molecule has 0 radical (unpaired) electrons. The highest BCUT2D eigenvalue weighted by molar-refractivity contribution is 7.98. The zero-order valence-corrected chi connectivity index (χ0v) is 22.7. The number of benzene rings is 3. The maximum Gasteiger partial charge on any atom is 0.255 e. The zero-order valence-electron chi connectivity index (χ0n) is 21.2. The highest BCUT2D eigenvalue weighted by Crippen LogP contribution is 2.31. The normalized spacial score (nSPS) is 10.7. The van der Waals surface area contributed by atoms with Crippen molar-refractivity contribution in [3.05, 3.63) is 107 Å². The van der Waals surface area contributed by atoms with E-state index in [1.165, 1.54) is 0 Å². The fourth-order valence-corrected chi connectivity index (χ4v) is 5.01. The van der Waals surface area contributed by atoms with E-state index in [2.05, 4.69) is 20.5 Å². The van der Waals surface area contributed by atoms with Crippen molar-refractivity contribution >= 4 is 35.0 Å². The molecule has 1 amide bonds. The fourth-order valence-electron chi connectivity index (χ4n) is 3.92. The van der Waals surface area contributed by atoms with Crippen LogP contribution >= 0.6 is 23.4 Å². The lowest BCUT2D eigenvalue weighted by Gasteiger charge is -2.11. The molecule has 0 saturated heterocycles. The summed E-state index contributed by atoms with van der Waals surface area (Å²) in [6.45, 7) is 0. The Labute approximate surface area is 235 Å². The van der Waals surface area contributed by atoms with Crippen molar-refractivity contribution < 1.29 is 14.3 Å². The molecule has 10 heteroatoms. The maximum absolute atomic E-state index is 12.8. The van der Waals surface area contributed by atoms with Gasteiger partial charge in [0.1, 0.15) is 0 Å². The van der Waals surface area contributed by atoms with Crippen LogP contribution in [0.2, 0.25) is 5.02 Å². The number of methoxy groups -OCH3 is 2. The van der Waals surface area contributed by atoms with Crippen molar-refractivity contribution in [2.24, 2.45) is 0 Å². The van der Waals surface area contributed by atoms with E-state index in [1.807, 2.05) is 53.1 Å². The van der Waals surface area contributed by atoms with Gasteiger partial charge < -0.3 is 14.8 Å². The van der Waals surface area contributed by atoms with Crippen LogP contribution in [0.4, 0.5) is 5.69 Å². The van der Waals surface area contributed by atoms with Crippen LogP contribution in [-0.4, -0.2) is 39.9 Å². The van der Waals surface area contributed by atoms with Crippen LogP contribution in [0.3, 0.4) is 0 Å². The quantitative estimate of drug-likeness (QED) is 0.206. The maximum atomic E-state index is 12.8. The molecule has 0 spiro atoms. The van der Waals surface area contributed by atoms with Crippen molar-refractivity contribution in [2.45, 2.75) is 10.9 Å². The van der Waals surface area contributed by atoms with Crippen LogP contribution in [0.15, 0.2) is 96.4 Å². The van der Waals surface area contributed by atoms with Gasteiger partial charge in [-0.15, -0.1) is 10.2 Å². The molecule has 2 aromatic heterocycles. The number of rotatable bonds is 9. The van der Waals surface area contributed by atoms with Crippen LogP contribution in [0.1, 0.15) is 15.9 Å². The van der Waals surface area contributed by atoms with E-state index in [0.717, 1.165) is 22.0 Å². The van der Waals surface area contributed by atoms with Gasteiger partial charge in [-0.1, -0.05) is 41.6 Å². The van der Waals surface area contributed by atoms with Gasteiger partial charge in [-0.2, -0.15) is 0 Å². The van der Waals surface area contributed by atoms with E-state index in [-0.39, 0.29) is 5.91 Å². The molecular weight excluding hydrogens is 534 g/mol. The van der Waals surface area contributed by atoms with Crippen molar-refractivity contribution in [1.29, 1.82) is 0 Å². The second kappa shape index (κ2) is 12.0. The lowest BCUT2D eigenvalue weighted by molar-refractivity contribution is 0.102. The van der Waals surface area contributed by atoms with E-state index in [0.29, 0.717) is 39.3 Å². The van der Waals surface area contributed by atoms with E-state index < -0.39 is 0 Å². The molecule has 0 bridgehead atoms. The number of anilines is 1. The first-order valence-corrected chi connectivity index (χ1v) is 13.3. The molecule has 0 atom stereocenters. The van der Waals surface area contributed by atoms with Gasteiger partial charge in [-0.05, 0) is 60.2 Å². The van der Waals surface area contributed by atoms with E-state index in [4.69, 9.17) is 21.1 Å². The Bertz CT molecular complexity index is 1590. The second-order valence-electron chi connectivity index (χ2n) is 8.37. The van der Waals surface area contributed by atoms with Gasteiger partial charge in [0, 0.05) is 46.0 Å². The molecule has 1 N–H and O–H groups in total. The summed E-state index contributed by atoms with van der Waals surface area (Å²) in [5.41, 5.74) is 3.95. The second-order valence-corrected chi connectivity index (χ2v) is 9.75. The summed E-state index contributed by atoms with van der Waals surface area (Å²) in [4.78, 5) is 16.9. The van der Waals surface area contributed by atoms with Crippen molar-refractivity contribution in [3.63, 3.8) is 0 Å². The number of aromatic nitrogens is 4. The molecule has 196 valence electrons. The number of hydrogen-bond acceptors (Lipinski definition) is 7. The number of carbonyl (C=O) groups excluding carboxylic acids is 1. The SMILES string of the molecule is COc1ccc(NC(=O)c2ccc(CSc3nnc(-c4ccncc4)n3-c3cccc(Cl)c3)cc2)cc1OC. The number of amides is 1. The van der Waals surface area contributed by atoms with E-state index in [9.17, 15) is 4.79 Å². The van der Waals surface area contributed by atoms with Gasteiger partial charge in [0.05, 0.1) is 19.9 Å². The minimum Gasteiger partial charge on any atom is -0.493 e. The molecule has 5 rings (SSSR count). The molecule has 2 heterocycles.